The van der Waals surface area contributed by atoms with Gasteiger partial charge in [-0.15, -0.1) is 16.9 Å². The number of nitrogens with one attached hydrogen (secondary N) is 1. The van der Waals surface area contributed by atoms with Gasteiger partial charge in [-0.3, -0.25) is 4.68 Å². The zero-order chi connectivity index (χ0) is 12.5. The van der Waals surface area contributed by atoms with Crippen molar-refractivity contribution in [3.05, 3.63) is 41.7 Å². The smallest absolute Gasteiger partial charge is 0.0764 e. The van der Waals surface area contributed by atoms with Gasteiger partial charge in [-0.2, -0.15) is 0 Å². The molecule has 2 atom stereocenters. The van der Waals surface area contributed by atoms with E-state index in [0.717, 1.165) is 12.1 Å². The largest absolute Gasteiger partial charge is 0.311 e. The summed E-state index contributed by atoms with van der Waals surface area (Å²) >= 11 is 1.94. The number of nitrogens with zero attached hydrogens (tertiary/aromatic N) is 3. The Morgan fingerprint density at radius 2 is 2.28 bits per heavy atom. The molecule has 1 aromatic carbocycles. The van der Waals surface area contributed by atoms with E-state index in [4.69, 9.17) is 0 Å². The minimum Gasteiger partial charge on any atom is -0.311 e. The molecule has 1 aromatic heterocycles. The van der Waals surface area contributed by atoms with Gasteiger partial charge in [-0.25, -0.2) is 0 Å². The van der Waals surface area contributed by atoms with Crippen LogP contribution in [0.3, 0.4) is 0 Å². The third-order valence-electron chi connectivity index (χ3n) is 3.42. The number of benzene rings is 1. The van der Waals surface area contributed by atoms with E-state index in [0.29, 0.717) is 5.25 Å². The minimum absolute atomic E-state index is 0.280. The van der Waals surface area contributed by atoms with Gasteiger partial charge in [-0.05, 0) is 25.1 Å². The summed E-state index contributed by atoms with van der Waals surface area (Å²) < 4.78 is 1.85. The third-order valence-corrected chi connectivity index (χ3v) is 4.82. The summed E-state index contributed by atoms with van der Waals surface area (Å²) in [5.41, 5.74) is 2.59. The van der Waals surface area contributed by atoms with E-state index in [9.17, 15) is 0 Å². The van der Waals surface area contributed by atoms with Crippen LogP contribution >= 0.6 is 11.8 Å². The monoisotopic (exact) mass is 260 g/mol. The second-order valence-corrected chi connectivity index (χ2v) is 5.80. The van der Waals surface area contributed by atoms with Crippen LogP contribution in [0.15, 0.2) is 35.4 Å². The third kappa shape index (κ3) is 1.93. The van der Waals surface area contributed by atoms with Gasteiger partial charge in [-0.1, -0.05) is 23.4 Å². The van der Waals surface area contributed by atoms with E-state index < -0.39 is 0 Å². The zero-order valence-corrected chi connectivity index (χ0v) is 11.3. The molecule has 3 rings (SSSR count). The first kappa shape index (κ1) is 11.7. The number of rotatable bonds is 3. The van der Waals surface area contributed by atoms with Crippen LogP contribution in [0.25, 0.3) is 0 Å². The molecule has 1 N–H and O–H groups in total. The van der Waals surface area contributed by atoms with E-state index >= 15 is 0 Å². The lowest BCUT2D eigenvalue weighted by atomic mass is 10.0. The zero-order valence-electron chi connectivity index (χ0n) is 10.5. The topological polar surface area (TPSA) is 42.7 Å². The minimum atomic E-state index is 0.280. The molecule has 0 amide bonds. The Labute approximate surface area is 111 Å². The van der Waals surface area contributed by atoms with Gasteiger partial charge in [0.05, 0.1) is 17.9 Å². The molecular formula is C13H16N4S. The standard InChI is InChI=1S/C13H16N4S/c1-14-13(10-8-15-16-17(10)2)12-7-9-5-3-4-6-11(9)18-12/h3-6,8,12-14H,7H2,1-2H3. The number of aromatic nitrogens is 3. The molecule has 1 aliphatic heterocycles. The van der Waals surface area contributed by atoms with Crippen molar-refractivity contribution in [2.45, 2.75) is 22.6 Å². The van der Waals surface area contributed by atoms with Gasteiger partial charge in [0.1, 0.15) is 0 Å². The maximum absolute atomic E-state index is 4.02. The average Bonchev–Trinajstić information content (AvgIpc) is 2.97. The maximum atomic E-state index is 4.02. The highest BCUT2D eigenvalue weighted by Crippen LogP contribution is 2.42. The molecule has 0 aliphatic carbocycles. The van der Waals surface area contributed by atoms with Gasteiger partial charge >= 0.3 is 0 Å². The van der Waals surface area contributed by atoms with Gasteiger partial charge in [0.25, 0.3) is 0 Å². The van der Waals surface area contributed by atoms with Crippen LogP contribution in [0.5, 0.6) is 0 Å². The summed E-state index contributed by atoms with van der Waals surface area (Å²) in [5.74, 6) is 0. The molecule has 4 nitrogen and oxygen atoms in total. The van der Waals surface area contributed by atoms with Crippen molar-refractivity contribution in [1.82, 2.24) is 20.3 Å². The molecule has 18 heavy (non-hydrogen) atoms. The Hall–Kier alpha value is -1.33. The van der Waals surface area contributed by atoms with Gasteiger partial charge in [0.15, 0.2) is 0 Å². The van der Waals surface area contributed by atoms with Crippen LogP contribution in [-0.2, 0) is 13.5 Å². The van der Waals surface area contributed by atoms with Crippen LogP contribution < -0.4 is 5.32 Å². The Balaban J connectivity index is 1.86. The lowest BCUT2D eigenvalue weighted by Crippen LogP contribution is -2.29. The van der Waals surface area contributed by atoms with Crippen molar-refractivity contribution in [2.75, 3.05) is 7.05 Å². The Morgan fingerprint density at radius 3 is 2.94 bits per heavy atom. The Kier molecular flexibility index (Phi) is 3.09. The van der Waals surface area contributed by atoms with E-state index in [1.165, 1.54) is 10.5 Å². The van der Waals surface area contributed by atoms with Gasteiger partial charge < -0.3 is 5.32 Å². The first-order valence-electron chi connectivity index (χ1n) is 6.06. The predicted molar refractivity (Wildman–Crippen MR) is 72.6 cm³/mol. The summed E-state index contributed by atoms with van der Waals surface area (Å²) in [7, 11) is 3.95. The summed E-state index contributed by atoms with van der Waals surface area (Å²) in [6, 6.07) is 8.92. The number of hydrogen-bond donors (Lipinski definition) is 1. The van der Waals surface area contributed by atoms with E-state index in [1.54, 1.807) is 0 Å². The highest BCUT2D eigenvalue weighted by molar-refractivity contribution is 8.00. The van der Waals surface area contributed by atoms with Crippen molar-refractivity contribution in [3.8, 4) is 0 Å². The first-order chi connectivity index (χ1) is 8.79. The molecule has 0 saturated carbocycles. The highest BCUT2D eigenvalue weighted by Gasteiger charge is 2.31. The molecule has 0 fully saturated rings. The summed E-state index contributed by atoms with van der Waals surface area (Å²) in [6.45, 7) is 0. The predicted octanol–water partition coefficient (Wildman–Crippen LogP) is 1.79. The SMILES string of the molecule is CNC(c1cnnn1C)C1Cc2ccccc2S1. The molecule has 2 aromatic rings. The Bertz CT molecular complexity index is 526. The van der Waals surface area contributed by atoms with E-state index in [2.05, 4.69) is 39.9 Å². The van der Waals surface area contributed by atoms with Crippen molar-refractivity contribution >= 4 is 11.8 Å². The number of fused-ring (bicyclic) bond motifs is 1. The molecule has 0 radical (unpaired) electrons. The first-order valence-corrected chi connectivity index (χ1v) is 6.94. The van der Waals surface area contributed by atoms with Crippen LogP contribution in [0.4, 0.5) is 0 Å². The van der Waals surface area contributed by atoms with E-state index in [1.807, 2.05) is 36.7 Å². The summed E-state index contributed by atoms with van der Waals surface area (Å²) in [5, 5.41) is 11.9. The molecule has 94 valence electrons. The molecule has 5 heteroatoms. The number of hydrogen-bond acceptors (Lipinski definition) is 4. The molecule has 0 spiro atoms. The van der Waals surface area contributed by atoms with Crippen LogP contribution in [0.2, 0.25) is 0 Å². The fourth-order valence-electron chi connectivity index (χ4n) is 2.50. The fraction of sp³-hybridized carbons (Fsp3) is 0.385. The lowest BCUT2D eigenvalue weighted by molar-refractivity contribution is 0.519. The van der Waals surface area contributed by atoms with Crippen LogP contribution in [0.1, 0.15) is 17.3 Å². The van der Waals surface area contributed by atoms with Crippen molar-refractivity contribution in [2.24, 2.45) is 7.05 Å². The fourth-order valence-corrected chi connectivity index (χ4v) is 3.96. The molecule has 2 unspecified atom stereocenters. The number of thioether (sulfide) groups is 1. The summed E-state index contributed by atoms with van der Waals surface area (Å²) in [6.07, 6.45) is 2.95. The summed E-state index contributed by atoms with van der Waals surface area (Å²) in [4.78, 5) is 1.40. The molecule has 2 heterocycles. The van der Waals surface area contributed by atoms with Gasteiger partial charge in [0, 0.05) is 17.2 Å². The maximum Gasteiger partial charge on any atom is 0.0764 e. The molecule has 0 saturated heterocycles. The normalized spacial score (nSPS) is 19.8. The molecular weight excluding hydrogens is 244 g/mol. The van der Waals surface area contributed by atoms with E-state index in [-0.39, 0.29) is 6.04 Å². The average molecular weight is 260 g/mol. The van der Waals surface area contributed by atoms with Crippen LogP contribution in [-0.4, -0.2) is 27.3 Å². The molecule has 1 aliphatic rings. The second-order valence-electron chi connectivity index (χ2n) is 4.52. The van der Waals surface area contributed by atoms with Gasteiger partial charge in [0.2, 0.25) is 0 Å². The lowest BCUT2D eigenvalue weighted by Gasteiger charge is -2.21. The van der Waals surface area contributed by atoms with Crippen molar-refractivity contribution < 1.29 is 0 Å². The van der Waals surface area contributed by atoms with Crippen molar-refractivity contribution in [3.63, 3.8) is 0 Å². The molecule has 0 bridgehead atoms. The quantitative estimate of drug-likeness (QED) is 0.913. The van der Waals surface area contributed by atoms with Crippen LogP contribution in [0, 0.1) is 0 Å². The highest BCUT2D eigenvalue weighted by atomic mass is 32.2. The number of aryl methyl sites for hydroxylation is 1. The second kappa shape index (κ2) is 4.74. The Morgan fingerprint density at radius 1 is 1.44 bits per heavy atom. The van der Waals surface area contributed by atoms with Crippen molar-refractivity contribution in [1.29, 1.82) is 0 Å².